The highest BCUT2D eigenvalue weighted by Gasteiger charge is 2.25. The average molecular weight is 556 g/mol. The zero-order valence-corrected chi connectivity index (χ0v) is 22.1. The summed E-state index contributed by atoms with van der Waals surface area (Å²) in [5.41, 5.74) is 3.38. The number of aryl methyl sites for hydroxylation is 2. The Balaban J connectivity index is 0.00000363. The predicted molar refractivity (Wildman–Crippen MR) is 140 cm³/mol. The summed E-state index contributed by atoms with van der Waals surface area (Å²) in [5.74, 6) is 2.66. The highest BCUT2D eigenvalue weighted by atomic mass is 127. The highest BCUT2D eigenvalue weighted by molar-refractivity contribution is 14.0. The molecular weight excluding hydrogens is 517 g/mol. The molecule has 8 heteroatoms. The van der Waals surface area contributed by atoms with Gasteiger partial charge >= 0.3 is 0 Å². The summed E-state index contributed by atoms with van der Waals surface area (Å²) < 4.78 is 11.2. The number of para-hydroxylation sites is 1. The van der Waals surface area contributed by atoms with Crippen LogP contribution < -0.4 is 15.4 Å². The van der Waals surface area contributed by atoms with Gasteiger partial charge in [-0.2, -0.15) is 0 Å². The largest absolute Gasteiger partial charge is 0.496 e. The Kier molecular flexibility index (Phi) is 11.3. The number of likely N-dealkylation sites (tertiary alicyclic amines) is 1. The average Bonchev–Trinajstić information content (AvgIpc) is 3.24. The van der Waals surface area contributed by atoms with Gasteiger partial charge in [-0.25, -0.2) is 0 Å². The molecule has 2 N–H and O–H groups in total. The molecule has 2 heterocycles. The van der Waals surface area contributed by atoms with Crippen LogP contribution in [-0.2, 0) is 19.4 Å². The number of guanidine groups is 1. The molecule has 1 atom stereocenters. The van der Waals surface area contributed by atoms with Crippen LogP contribution in [0.3, 0.4) is 0 Å². The number of nitrogens with zero attached hydrogens (tertiary/aromatic N) is 3. The van der Waals surface area contributed by atoms with Gasteiger partial charge in [-0.3, -0.25) is 9.89 Å². The van der Waals surface area contributed by atoms with Crippen molar-refractivity contribution >= 4 is 29.9 Å². The Hall–Kier alpha value is -1.81. The molecule has 1 aliphatic heterocycles. The van der Waals surface area contributed by atoms with Gasteiger partial charge in [0, 0.05) is 37.7 Å². The van der Waals surface area contributed by atoms with E-state index in [4.69, 9.17) is 9.26 Å². The minimum Gasteiger partial charge on any atom is -0.496 e. The van der Waals surface area contributed by atoms with Crippen molar-refractivity contribution in [3.8, 4) is 5.75 Å². The van der Waals surface area contributed by atoms with Crippen molar-refractivity contribution < 1.29 is 9.26 Å². The molecule has 0 amide bonds. The van der Waals surface area contributed by atoms with Crippen LogP contribution in [0, 0.1) is 0 Å². The number of halogens is 1. The van der Waals surface area contributed by atoms with Gasteiger partial charge in [-0.05, 0) is 38.4 Å². The van der Waals surface area contributed by atoms with E-state index in [1.807, 2.05) is 19.2 Å². The topological polar surface area (TPSA) is 74.9 Å². The number of rotatable bonds is 9. The Bertz CT molecular complexity index is 827. The smallest absolute Gasteiger partial charge is 0.191 e. The van der Waals surface area contributed by atoms with Gasteiger partial charge in [0.2, 0.25) is 0 Å². The number of aliphatic imine (C=N–C) groups is 1. The summed E-state index contributed by atoms with van der Waals surface area (Å²) in [7, 11) is 3.55. The first kappa shape index (κ1) is 26.4. The molecule has 2 aromatic rings. The van der Waals surface area contributed by atoms with E-state index in [9.17, 15) is 0 Å². The van der Waals surface area contributed by atoms with Gasteiger partial charge in [0.05, 0.1) is 18.8 Å². The molecule has 0 radical (unpaired) electrons. The van der Waals surface area contributed by atoms with Crippen molar-refractivity contribution in [3.63, 3.8) is 0 Å². The lowest BCUT2D eigenvalue weighted by Gasteiger charge is -2.35. The third kappa shape index (κ3) is 6.60. The lowest BCUT2D eigenvalue weighted by atomic mass is 10.0. The van der Waals surface area contributed by atoms with E-state index in [0.29, 0.717) is 6.54 Å². The Morgan fingerprint density at radius 3 is 2.56 bits per heavy atom. The highest BCUT2D eigenvalue weighted by Crippen LogP contribution is 2.30. The molecule has 1 aromatic heterocycles. The van der Waals surface area contributed by atoms with Crippen molar-refractivity contribution in [2.24, 2.45) is 4.99 Å². The fraction of sp³-hybridized carbons (Fsp3) is 0.583. The van der Waals surface area contributed by atoms with Crippen LogP contribution in [0.1, 0.15) is 61.7 Å². The summed E-state index contributed by atoms with van der Waals surface area (Å²) >= 11 is 0. The van der Waals surface area contributed by atoms with E-state index in [1.165, 1.54) is 24.8 Å². The van der Waals surface area contributed by atoms with Crippen molar-refractivity contribution in [2.75, 3.05) is 33.8 Å². The molecule has 32 heavy (non-hydrogen) atoms. The first-order valence-electron chi connectivity index (χ1n) is 11.5. The predicted octanol–water partition coefficient (Wildman–Crippen LogP) is 4.32. The molecule has 1 aromatic carbocycles. The van der Waals surface area contributed by atoms with Crippen LogP contribution in [0.4, 0.5) is 0 Å². The van der Waals surface area contributed by atoms with E-state index >= 15 is 0 Å². The van der Waals surface area contributed by atoms with Gasteiger partial charge < -0.3 is 19.9 Å². The number of piperidine rings is 1. The molecule has 1 fully saturated rings. The lowest BCUT2D eigenvalue weighted by molar-refractivity contribution is 0.161. The van der Waals surface area contributed by atoms with Gasteiger partial charge in [0.25, 0.3) is 0 Å². The number of hydrogen-bond donors (Lipinski definition) is 2. The van der Waals surface area contributed by atoms with E-state index in [2.05, 4.69) is 51.7 Å². The number of aromatic nitrogens is 1. The maximum Gasteiger partial charge on any atom is 0.191 e. The minimum atomic E-state index is 0. The van der Waals surface area contributed by atoms with Crippen molar-refractivity contribution in [1.29, 1.82) is 0 Å². The summed E-state index contributed by atoms with van der Waals surface area (Å²) in [6.45, 7) is 7.81. The van der Waals surface area contributed by atoms with Crippen LogP contribution in [0.25, 0.3) is 0 Å². The zero-order valence-electron chi connectivity index (χ0n) is 19.8. The Morgan fingerprint density at radius 1 is 1.16 bits per heavy atom. The molecule has 0 aliphatic carbocycles. The fourth-order valence-electron chi connectivity index (χ4n) is 4.33. The third-order valence-corrected chi connectivity index (χ3v) is 6.06. The zero-order chi connectivity index (χ0) is 22.1. The summed E-state index contributed by atoms with van der Waals surface area (Å²) in [6, 6.07) is 8.56. The molecule has 1 saturated heterocycles. The summed E-state index contributed by atoms with van der Waals surface area (Å²) in [4.78, 5) is 7.01. The minimum absolute atomic E-state index is 0. The molecule has 3 rings (SSSR count). The molecule has 0 bridgehead atoms. The standard InChI is InChI=1S/C24H37N5O2.HI/c1-5-20-19(22(6-2)31-28-20)16-26-24(25-3)27-17-21(29-14-10-7-11-15-29)18-12-8-9-13-23(18)30-4;/h8-9,12-13,21H,5-7,10-11,14-17H2,1-4H3,(H2,25,26,27);1H. The molecule has 0 spiro atoms. The number of benzene rings is 1. The Morgan fingerprint density at radius 2 is 1.91 bits per heavy atom. The molecule has 1 unspecified atom stereocenters. The van der Waals surface area contributed by atoms with Gasteiger partial charge in [-0.1, -0.05) is 43.6 Å². The maximum atomic E-state index is 5.68. The van der Waals surface area contributed by atoms with Gasteiger partial charge in [-0.15, -0.1) is 24.0 Å². The first-order valence-corrected chi connectivity index (χ1v) is 11.5. The van der Waals surface area contributed by atoms with Crippen molar-refractivity contribution in [2.45, 2.75) is 58.5 Å². The fourth-order valence-corrected chi connectivity index (χ4v) is 4.33. The van der Waals surface area contributed by atoms with Crippen LogP contribution in [0.2, 0.25) is 0 Å². The molecule has 178 valence electrons. The van der Waals surface area contributed by atoms with Gasteiger partial charge in [0.15, 0.2) is 5.96 Å². The van der Waals surface area contributed by atoms with Crippen LogP contribution in [-0.4, -0.2) is 49.8 Å². The van der Waals surface area contributed by atoms with Crippen molar-refractivity contribution in [1.82, 2.24) is 20.7 Å². The molecule has 1 aliphatic rings. The second-order valence-corrected chi connectivity index (χ2v) is 7.90. The number of ether oxygens (including phenoxy) is 1. The SMILES string of the molecule is CCc1noc(CC)c1CNC(=NC)NCC(c1ccccc1OC)N1CCCCC1.I. The van der Waals surface area contributed by atoms with Crippen LogP contribution in [0.15, 0.2) is 33.8 Å². The summed E-state index contributed by atoms with van der Waals surface area (Å²) in [5, 5.41) is 11.2. The van der Waals surface area contributed by atoms with Crippen LogP contribution >= 0.6 is 24.0 Å². The summed E-state index contributed by atoms with van der Waals surface area (Å²) in [6.07, 6.45) is 5.49. The quantitative estimate of drug-likeness (QED) is 0.273. The van der Waals surface area contributed by atoms with Crippen molar-refractivity contribution in [3.05, 3.63) is 46.8 Å². The molecule has 7 nitrogen and oxygen atoms in total. The van der Waals surface area contributed by atoms with Gasteiger partial charge in [0.1, 0.15) is 11.5 Å². The molecular formula is C24H38IN5O2. The first-order chi connectivity index (χ1) is 15.2. The van der Waals surface area contributed by atoms with E-state index in [-0.39, 0.29) is 30.0 Å². The lowest BCUT2D eigenvalue weighted by Crippen LogP contribution is -2.44. The van der Waals surface area contributed by atoms with E-state index < -0.39 is 0 Å². The monoisotopic (exact) mass is 555 g/mol. The third-order valence-electron chi connectivity index (χ3n) is 6.06. The Labute approximate surface area is 209 Å². The normalized spacial score (nSPS) is 15.7. The van der Waals surface area contributed by atoms with E-state index in [1.54, 1.807) is 7.11 Å². The second-order valence-electron chi connectivity index (χ2n) is 7.90. The second kappa shape index (κ2) is 13.7. The van der Waals surface area contributed by atoms with E-state index in [0.717, 1.165) is 61.2 Å². The maximum absolute atomic E-state index is 5.68. The number of nitrogens with one attached hydrogen (secondary N) is 2. The molecule has 0 saturated carbocycles. The number of methoxy groups -OCH3 is 1. The number of hydrogen-bond acceptors (Lipinski definition) is 5. The van der Waals surface area contributed by atoms with Crippen LogP contribution in [0.5, 0.6) is 5.75 Å².